The van der Waals surface area contributed by atoms with Crippen LogP contribution in [0.25, 0.3) is 0 Å². The van der Waals surface area contributed by atoms with Gasteiger partial charge in [-0.1, -0.05) is 27.5 Å². The Labute approximate surface area is 136 Å². The molecule has 0 bridgehead atoms. The minimum Gasteiger partial charge on any atom is -0.490 e. The van der Waals surface area contributed by atoms with Gasteiger partial charge in [-0.25, -0.2) is 13.6 Å². The average molecular weight is 398 g/mol. The first-order valence-corrected chi connectivity index (χ1v) is 8.93. The molecule has 6 nitrogen and oxygen atoms in total. The predicted molar refractivity (Wildman–Crippen MR) is 81.8 cm³/mol. The summed E-state index contributed by atoms with van der Waals surface area (Å²) in [7, 11) is -3.98. The van der Waals surface area contributed by atoms with E-state index in [1.807, 2.05) is 0 Å². The van der Waals surface area contributed by atoms with Crippen molar-refractivity contribution in [3.63, 3.8) is 0 Å². The second kappa shape index (κ2) is 6.51. The number of amides is 1. The Balaban J connectivity index is 2.06. The highest BCUT2D eigenvalue weighted by atomic mass is 79.9. The van der Waals surface area contributed by atoms with Gasteiger partial charge in [-0.2, -0.15) is 0 Å². The largest absolute Gasteiger partial charge is 0.490 e. The van der Waals surface area contributed by atoms with E-state index < -0.39 is 10.0 Å². The van der Waals surface area contributed by atoms with Crippen LogP contribution in [0.1, 0.15) is 19.3 Å². The highest BCUT2D eigenvalue weighted by molar-refractivity contribution is 9.10. The minimum atomic E-state index is -3.98. The molecule has 1 aromatic rings. The van der Waals surface area contributed by atoms with Crippen molar-refractivity contribution in [3.05, 3.63) is 21.6 Å². The third-order valence-corrected chi connectivity index (χ3v) is 4.45. The fourth-order valence-corrected chi connectivity index (χ4v) is 3.45. The Morgan fingerprint density at radius 3 is 2.71 bits per heavy atom. The highest BCUT2D eigenvalue weighted by Crippen LogP contribution is 2.35. The molecule has 0 spiro atoms. The molecule has 0 saturated heterocycles. The Morgan fingerprint density at radius 2 is 2.14 bits per heavy atom. The van der Waals surface area contributed by atoms with Crippen LogP contribution in [0.2, 0.25) is 5.02 Å². The van der Waals surface area contributed by atoms with Gasteiger partial charge >= 0.3 is 0 Å². The standard InChI is InChI=1S/C12H14BrClN2O4S/c13-7-5-9(14)12(10(6-7)21(15,18)19)20-4-3-11(17)16-8-1-2-8/h5-6,8H,1-4H2,(H,16,17)(H2,15,18,19). The second-order valence-electron chi connectivity index (χ2n) is 4.70. The van der Waals surface area contributed by atoms with Crippen molar-refractivity contribution >= 4 is 43.5 Å². The lowest BCUT2D eigenvalue weighted by Crippen LogP contribution is -2.26. The fourth-order valence-electron chi connectivity index (χ4n) is 1.66. The summed E-state index contributed by atoms with van der Waals surface area (Å²) in [4.78, 5) is 11.3. The van der Waals surface area contributed by atoms with Crippen molar-refractivity contribution in [1.29, 1.82) is 0 Å². The first-order valence-electron chi connectivity index (χ1n) is 6.21. The quantitative estimate of drug-likeness (QED) is 0.764. The van der Waals surface area contributed by atoms with Gasteiger partial charge in [0.15, 0.2) is 5.75 Å². The molecule has 1 aliphatic rings. The lowest BCUT2D eigenvalue weighted by atomic mass is 10.3. The summed E-state index contributed by atoms with van der Waals surface area (Å²) < 4.78 is 28.9. The molecule has 0 atom stereocenters. The van der Waals surface area contributed by atoms with Crippen LogP contribution in [0.4, 0.5) is 0 Å². The molecule has 0 heterocycles. The summed E-state index contributed by atoms with van der Waals surface area (Å²) in [5, 5.41) is 8.05. The van der Waals surface area contributed by atoms with E-state index in [9.17, 15) is 13.2 Å². The van der Waals surface area contributed by atoms with Gasteiger partial charge in [-0.3, -0.25) is 4.79 Å². The highest BCUT2D eigenvalue weighted by Gasteiger charge is 2.23. The molecule has 21 heavy (non-hydrogen) atoms. The Bertz CT molecular complexity index is 661. The van der Waals surface area contributed by atoms with E-state index in [1.165, 1.54) is 12.1 Å². The lowest BCUT2D eigenvalue weighted by Gasteiger charge is -2.12. The van der Waals surface area contributed by atoms with Gasteiger partial charge in [-0.15, -0.1) is 0 Å². The molecule has 0 unspecified atom stereocenters. The molecule has 1 amide bonds. The summed E-state index contributed by atoms with van der Waals surface area (Å²) in [5.41, 5.74) is 0. The van der Waals surface area contributed by atoms with E-state index in [4.69, 9.17) is 21.5 Å². The molecule has 3 N–H and O–H groups in total. The SMILES string of the molecule is NS(=O)(=O)c1cc(Br)cc(Cl)c1OCCC(=O)NC1CC1. The molecular weight excluding hydrogens is 384 g/mol. The molecule has 116 valence electrons. The van der Waals surface area contributed by atoms with Gasteiger partial charge in [0.05, 0.1) is 18.1 Å². The number of carbonyl (C=O) groups excluding carboxylic acids is 1. The van der Waals surface area contributed by atoms with Crippen LogP contribution >= 0.6 is 27.5 Å². The maximum atomic E-state index is 11.5. The van der Waals surface area contributed by atoms with Gasteiger partial charge < -0.3 is 10.1 Å². The number of carbonyl (C=O) groups is 1. The van der Waals surface area contributed by atoms with Crippen LogP contribution in [0, 0.1) is 0 Å². The first-order chi connectivity index (χ1) is 9.77. The molecule has 9 heteroatoms. The minimum absolute atomic E-state index is 0.0163. The molecule has 0 aromatic heterocycles. The maximum Gasteiger partial charge on any atom is 0.241 e. The third-order valence-electron chi connectivity index (χ3n) is 2.80. The summed E-state index contributed by atoms with van der Waals surface area (Å²) >= 11 is 9.12. The van der Waals surface area contributed by atoms with Crippen molar-refractivity contribution < 1.29 is 17.9 Å². The first kappa shape index (κ1) is 16.5. The summed E-state index contributed by atoms with van der Waals surface area (Å²) in [6.45, 7) is 0.0163. The molecule has 1 aromatic carbocycles. The number of nitrogens with two attached hydrogens (primary N) is 1. The van der Waals surface area contributed by atoms with E-state index in [1.54, 1.807) is 0 Å². The summed E-state index contributed by atoms with van der Waals surface area (Å²) in [6.07, 6.45) is 2.12. The monoisotopic (exact) mass is 396 g/mol. The summed E-state index contributed by atoms with van der Waals surface area (Å²) in [5.74, 6) is -0.176. The molecular formula is C12H14BrClN2O4S. The normalized spacial score (nSPS) is 14.8. The number of rotatable bonds is 6. The number of benzene rings is 1. The lowest BCUT2D eigenvalue weighted by molar-refractivity contribution is -0.121. The number of sulfonamides is 1. The Morgan fingerprint density at radius 1 is 1.48 bits per heavy atom. The van der Waals surface area contributed by atoms with Gasteiger partial charge in [0.2, 0.25) is 15.9 Å². The van der Waals surface area contributed by atoms with Gasteiger partial charge in [-0.05, 0) is 25.0 Å². The van der Waals surface area contributed by atoms with Crippen LogP contribution in [-0.2, 0) is 14.8 Å². The number of hydrogen-bond donors (Lipinski definition) is 2. The smallest absolute Gasteiger partial charge is 0.241 e. The van der Waals surface area contributed by atoms with Gasteiger partial charge in [0, 0.05) is 10.5 Å². The number of nitrogens with one attached hydrogen (secondary N) is 1. The van der Waals surface area contributed by atoms with Crippen molar-refractivity contribution in [1.82, 2.24) is 5.32 Å². The number of halogens is 2. The van der Waals surface area contributed by atoms with Crippen LogP contribution in [0.15, 0.2) is 21.5 Å². The topological polar surface area (TPSA) is 98.5 Å². The van der Waals surface area contributed by atoms with E-state index in [0.717, 1.165) is 12.8 Å². The zero-order valence-corrected chi connectivity index (χ0v) is 14.1. The molecule has 0 radical (unpaired) electrons. The molecule has 0 aliphatic heterocycles. The van der Waals surface area contributed by atoms with E-state index in [2.05, 4.69) is 21.2 Å². The average Bonchev–Trinajstić information content (AvgIpc) is 3.13. The number of ether oxygens (including phenoxy) is 1. The second-order valence-corrected chi connectivity index (χ2v) is 7.55. The predicted octanol–water partition coefficient (Wildman–Crippen LogP) is 1.80. The van der Waals surface area contributed by atoms with Crippen molar-refractivity contribution in [2.75, 3.05) is 6.61 Å². The Hall–Kier alpha value is -0.830. The van der Waals surface area contributed by atoms with Crippen LogP contribution in [0.3, 0.4) is 0 Å². The zero-order valence-electron chi connectivity index (χ0n) is 10.9. The zero-order chi connectivity index (χ0) is 15.6. The van der Waals surface area contributed by atoms with Gasteiger partial charge in [0.25, 0.3) is 0 Å². The molecule has 2 rings (SSSR count). The number of primary sulfonamides is 1. The molecule has 1 saturated carbocycles. The van der Waals surface area contributed by atoms with Crippen LogP contribution in [0.5, 0.6) is 5.75 Å². The molecule has 1 fully saturated rings. The summed E-state index contributed by atoms with van der Waals surface area (Å²) in [6, 6.07) is 3.07. The fraction of sp³-hybridized carbons (Fsp3) is 0.417. The van der Waals surface area contributed by atoms with Crippen molar-refractivity contribution in [2.45, 2.75) is 30.2 Å². The van der Waals surface area contributed by atoms with E-state index in [-0.39, 0.29) is 40.6 Å². The number of hydrogen-bond acceptors (Lipinski definition) is 4. The third kappa shape index (κ3) is 4.84. The van der Waals surface area contributed by atoms with Crippen LogP contribution in [-0.4, -0.2) is 27.0 Å². The van der Waals surface area contributed by atoms with E-state index in [0.29, 0.717) is 4.47 Å². The maximum absolute atomic E-state index is 11.5. The Kier molecular flexibility index (Phi) is 5.13. The van der Waals surface area contributed by atoms with Crippen molar-refractivity contribution in [3.8, 4) is 5.75 Å². The van der Waals surface area contributed by atoms with Crippen molar-refractivity contribution in [2.24, 2.45) is 5.14 Å². The van der Waals surface area contributed by atoms with Crippen LogP contribution < -0.4 is 15.2 Å². The van der Waals surface area contributed by atoms with Gasteiger partial charge in [0.1, 0.15) is 4.90 Å². The molecule has 1 aliphatic carbocycles. The van der Waals surface area contributed by atoms with E-state index >= 15 is 0 Å².